The minimum absolute atomic E-state index is 0.0391. The Balaban J connectivity index is 1.74. The van der Waals surface area contributed by atoms with Crippen LogP contribution in [0.15, 0.2) is 53.2 Å². The topological polar surface area (TPSA) is 72.0 Å². The predicted molar refractivity (Wildman–Crippen MR) is 75.6 cm³/mol. The Labute approximate surface area is 121 Å². The van der Waals surface area contributed by atoms with Gasteiger partial charge in [-0.25, -0.2) is 4.98 Å². The van der Waals surface area contributed by atoms with Gasteiger partial charge in [0.05, 0.1) is 5.41 Å². The highest BCUT2D eigenvalue weighted by Gasteiger charge is 2.50. The van der Waals surface area contributed by atoms with Gasteiger partial charge < -0.3 is 9.63 Å². The first-order chi connectivity index (χ1) is 10.3. The van der Waals surface area contributed by atoms with Crippen LogP contribution in [0.1, 0.15) is 24.2 Å². The number of hydrogen-bond acceptors (Lipinski definition) is 5. The lowest BCUT2D eigenvalue weighted by Crippen LogP contribution is -2.10. The molecule has 4 rings (SSSR count). The van der Waals surface area contributed by atoms with E-state index in [-0.39, 0.29) is 17.1 Å². The van der Waals surface area contributed by atoms with Crippen molar-refractivity contribution in [1.82, 2.24) is 15.1 Å². The van der Waals surface area contributed by atoms with Crippen LogP contribution in [0.5, 0.6) is 5.75 Å². The summed E-state index contributed by atoms with van der Waals surface area (Å²) in [6.07, 6.45) is 3.59. The number of rotatable bonds is 3. The molecule has 3 aromatic rings. The molecular weight excluding hydrogens is 266 g/mol. The molecule has 2 heterocycles. The third-order valence-electron chi connectivity index (χ3n) is 3.92. The molecule has 0 spiro atoms. The Morgan fingerprint density at radius 2 is 1.86 bits per heavy atom. The zero-order valence-corrected chi connectivity index (χ0v) is 11.2. The molecule has 1 N–H and O–H groups in total. The van der Waals surface area contributed by atoms with Crippen molar-refractivity contribution in [2.24, 2.45) is 0 Å². The van der Waals surface area contributed by atoms with Gasteiger partial charge in [0.2, 0.25) is 0 Å². The fourth-order valence-electron chi connectivity index (χ4n) is 2.60. The molecule has 0 bridgehead atoms. The van der Waals surface area contributed by atoms with E-state index in [1.807, 2.05) is 18.2 Å². The van der Waals surface area contributed by atoms with Crippen molar-refractivity contribution >= 4 is 0 Å². The van der Waals surface area contributed by atoms with Gasteiger partial charge in [-0.1, -0.05) is 35.5 Å². The molecule has 104 valence electrons. The molecule has 1 saturated carbocycles. The molecule has 0 aliphatic heterocycles. The van der Waals surface area contributed by atoms with E-state index in [1.165, 1.54) is 5.56 Å². The summed E-state index contributed by atoms with van der Waals surface area (Å²) in [5, 5.41) is 13.9. The lowest BCUT2D eigenvalue weighted by atomic mass is 9.95. The SMILES string of the molecule is Oc1cccnc1-c1nc(C2(c3ccccc3)CC2)no1. The summed E-state index contributed by atoms with van der Waals surface area (Å²) in [6.45, 7) is 0. The Bertz CT molecular complexity index is 779. The number of aromatic hydroxyl groups is 1. The zero-order chi connectivity index (χ0) is 14.3. The van der Waals surface area contributed by atoms with Crippen molar-refractivity contribution in [3.05, 3.63) is 60.0 Å². The molecule has 2 aromatic heterocycles. The number of pyridine rings is 1. The summed E-state index contributed by atoms with van der Waals surface area (Å²) >= 11 is 0. The van der Waals surface area contributed by atoms with Gasteiger partial charge in [0.1, 0.15) is 5.75 Å². The maximum Gasteiger partial charge on any atom is 0.280 e. The van der Waals surface area contributed by atoms with Crippen LogP contribution >= 0.6 is 0 Å². The largest absolute Gasteiger partial charge is 0.505 e. The molecule has 1 fully saturated rings. The molecule has 0 amide bonds. The van der Waals surface area contributed by atoms with Crippen molar-refractivity contribution in [3.8, 4) is 17.3 Å². The van der Waals surface area contributed by atoms with E-state index in [2.05, 4.69) is 27.3 Å². The van der Waals surface area contributed by atoms with Crippen molar-refractivity contribution < 1.29 is 9.63 Å². The minimum atomic E-state index is -0.145. The van der Waals surface area contributed by atoms with Gasteiger partial charge in [0, 0.05) is 6.20 Å². The second-order valence-corrected chi connectivity index (χ2v) is 5.24. The van der Waals surface area contributed by atoms with Crippen molar-refractivity contribution in [2.45, 2.75) is 18.3 Å². The number of nitrogens with zero attached hydrogens (tertiary/aromatic N) is 3. The average Bonchev–Trinajstić information content (AvgIpc) is 3.20. The first kappa shape index (κ1) is 12.1. The third kappa shape index (κ3) is 1.89. The molecule has 21 heavy (non-hydrogen) atoms. The maximum atomic E-state index is 9.82. The van der Waals surface area contributed by atoms with Gasteiger partial charge in [-0.15, -0.1) is 0 Å². The molecule has 0 saturated heterocycles. The Morgan fingerprint density at radius 3 is 2.57 bits per heavy atom. The van der Waals surface area contributed by atoms with Crippen LogP contribution in [0.3, 0.4) is 0 Å². The molecule has 1 aliphatic carbocycles. The van der Waals surface area contributed by atoms with Crippen LogP contribution < -0.4 is 0 Å². The van der Waals surface area contributed by atoms with Crippen LogP contribution in [0.2, 0.25) is 0 Å². The van der Waals surface area contributed by atoms with Crippen molar-refractivity contribution in [1.29, 1.82) is 0 Å². The van der Waals surface area contributed by atoms with Crippen molar-refractivity contribution in [3.63, 3.8) is 0 Å². The second kappa shape index (κ2) is 4.41. The highest BCUT2D eigenvalue weighted by molar-refractivity contribution is 5.56. The summed E-state index contributed by atoms with van der Waals surface area (Å²) in [5.41, 5.74) is 1.37. The predicted octanol–water partition coefficient (Wildman–Crippen LogP) is 2.92. The van der Waals surface area contributed by atoms with Crippen LogP contribution in [0, 0.1) is 0 Å². The summed E-state index contributed by atoms with van der Waals surface area (Å²) in [4.78, 5) is 8.54. The molecule has 5 heteroatoms. The minimum Gasteiger partial charge on any atom is -0.505 e. The maximum absolute atomic E-state index is 9.82. The van der Waals surface area contributed by atoms with E-state index in [9.17, 15) is 5.11 Å². The number of aromatic nitrogens is 3. The lowest BCUT2D eigenvalue weighted by Gasteiger charge is -2.09. The van der Waals surface area contributed by atoms with E-state index in [0.29, 0.717) is 11.5 Å². The standard InChI is InChI=1S/C16H13N3O2/c20-12-7-4-10-17-13(12)14-18-15(19-21-14)16(8-9-16)11-5-2-1-3-6-11/h1-7,10,20H,8-9H2. The fourth-order valence-corrected chi connectivity index (χ4v) is 2.60. The summed E-state index contributed by atoms with van der Waals surface area (Å²) < 4.78 is 5.30. The molecule has 0 atom stereocenters. The molecule has 0 unspecified atom stereocenters. The highest BCUT2D eigenvalue weighted by atomic mass is 16.5. The Morgan fingerprint density at radius 1 is 1.05 bits per heavy atom. The quantitative estimate of drug-likeness (QED) is 0.798. The molecule has 1 aromatic carbocycles. The third-order valence-corrected chi connectivity index (χ3v) is 3.92. The van der Waals surface area contributed by atoms with Gasteiger partial charge >= 0.3 is 0 Å². The Kier molecular flexibility index (Phi) is 2.54. The summed E-state index contributed by atoms with van der Waals surface area (Å²) in [5.74, 6) is 0.955. The molecule has 1 aliphatic rings. The average molecular weight is 279 g/mol. The number of benzene rings is 1. The van der Waals surface area contributed by atoms with E-state index in [0.717, 1.165) is 12.8 Å². The second-order valence-electron chi connectivity index (χ2n) is 5.24. The summed E-state index contributed by atoms with van der Waals surface area (Å²) in [7, 11) is 0. The molecule has 0 radical (unpaired) electrons. The van der Waals surface area contributed by atoms with Gasteiger partial charge in [0.15, 0.2) is 11.5 Å². The van der Waals surface area contributed by atoms with E-state index in [1.54, 1.807) is 18.3 Å². The monoisotopic (exact) mass is 279 g/mol. The van der Waals surface area contributed by atoms with Gasteiger partial charge in [-0.2, -0.15) is 4.98 Å². The zero-order valence-electron chi connectivity index (χ0n) is 11.2. The molecule has 5 nitrogen and oxygen atoms in total. The van der Waals surface area contributed by atoms with Crippen LogP contribution in [-0.4, -0.2) is 20.2 Å². The van der Waals surface area contributed by atoms with Crippen LogP contribution in [-0.2, 0) is 5.41 Å². The van der Waals surface area contributed by atoms with Crippen LogP contribution in [0.25, 0.3) is 11.6 Å². The first-order valence-electron chi connectivity index (χ1n) is 6.84. The van der Waals surface area contributed by atoms with E-state index in [4.69, 9.17) is 4.52 Å². The van der Waals surface area contributed by atoms with Gasteiger partial charge in [-0.3, -0.25) is 0 Å². The van der Waals surface area contributed by atoms with E-state index >= 15 is 0 Å². The highest BCUT2D eigenvalue weighted by Crippen LogP contribution is 2.52. The Hall–Kier alpha value is -2.69. The lowest BCUT2D eigenvalue weighted by molar-refractivity contribution is 0.411. The normalized spacial score (nSPS) is 15.8. The van der Waals surface area contributed by atoms with Gasteiger partial charge in [0.25, 0.3) is 5.89 Å². The fraction of sp³-hybridized carbons (Fsp3) is 0.188. The van der Waals surface area contributed by atoms with Gasteiger partial charge in [-0.05, 0) is 30.5 Å². The smallest absolute Gasteiger partial charge is 0.280 e. The van der Waals surface area contributed by atoms with Crippen LogP contribution in [0.4, 0.5) is 0 Å². The summed E-state index contributed by atoms with van der Waals surface area (Å²) in [6, 6.07) is 13.4. The van der Waals surface area contributed by atoms with Crippen molar-refractivity contribution in [2.75, 3.05) is 0 Å². The van der Waals surface area contributed by atoms with E-state index < -0.39 is 0 Å². The molecular formula is C16H13N3O2. The first-order valence-corrected chi connectivity index (χ1v) is 6.84. The number of hydrogen-bond donors (Lipinski definition) is 1.